The minimum absolute atomic E-state index is 0.604. The highest BCUT2D eigenvalue weighted by Gasteiger charge is 2.07. The van der Waals surface area contributed by atoms with Crippen LogP contribution in [0.1, 0.15) is 24.7 Å². The number of nitrogens with two attached hydrogens (primary N) is 1. The van der Waals surface area contributed by atoms with Crippen molar-refractivity contribution in [3.05, 3.63) is 23.5 Å². The minimum atomic E-state index is 0.604. The lowest BCUT2D eigenvalue weighted by molar-refractivity contribution is 0.850. The molecular weight excluding hydrogens is 214 g/mol. The Bertz CT molecular complexity index is 503. The van der Waals surface area contributed by atoms with E-state index in [1.165, 1.54) is 0 Å². The zero-order valence-corrected chi connectivity index (χ0v) is 10.4. The van der Waals surface area contributed by atoms with E-state index in [0.29, 0.717) is 6.54 Å². The average molecular weight is 233 g/mol. The molecule has 5 heteroatoms. The zero-order valence-electron chi connectivity index (χ0n) is 10.4. The van der Waals surface area contributed by atoms with Crippen LogP contribution in [-0.2, 0) is 6.42 Å². The van der Waals surface area contributed by atoms with Gasteiger partial charge < -0.3 is 11.1 Å². The van der Waals surface area contributed by atoms with E-state index < -0.39 is 0 Å². The van der Waals surface area contributed by atoms with Crippen LogP contribution >= 0.6 is 0 Å². The van der Waals surface area contributed by atoms with E-state index >= 15 is 0 Å². The first-order chi connectivity index (χ1) is 8.24. The van der Waals surface area contributed by atoms with E-state index in [0.717, 1.165) is 42.2 Å². The van der Waals surface area contributed by atoms with E-state index in [1.54, 1.807) is 0 Å². The quantitative estimate of drug-likeness (QED) is 0.818. The predicted molar refractivity (Wildman–Crippen MR) is 69.3 cm³/mol. The lowest BCUT2D eigenvalue weighted by atomic mass is 10.2. The topological polar surface area (TPSA) is 68.2 Å². The van der Waals surface area contributed by atoms with Crippen LogP contribution in [0.2, 0.25) is 0 Å². The van der Waals surface area contributed by atoms with Crippen molar-refractivity contribution < 1.29 is 0 Å². The normalized spacial score (nSPS) is 11.0. The Hall–Kier alpha value is -1.62. The van der Waals surface area contributed by atoms with Crippen molar-refractivity contribution in [2.45, 2.75) is 26.7 Å². The van der Waals surface area contributed by atoms with Crippen LogP contribution < -0.4 is 11.1 Å². The van der Waals surface area contributed by atoms with Crippen LogP contribution in [0.5, 0.6) is 0 Å². The third kappa shape index (κ3) is 2.55. The highest BCUT2D eigenvalue weighted by molar-refractivity contribution is 5.50. The van der Waals surface area contributed by atoms with E-state index in [4.69, 9.17) is 5.73 Å². The summed E-state index contributed by atoms with van der Waals surface area (Å²) >= 11 is 0. The lowest BCUT2D eigenvalue weighted by Crippen LogP contribution is -2.16. The molecule has 2 heterocycles. The van der Waals surface area contributed by atoms with Crippen molar-refractivity contribution in [3.63, 3.8) is 0 Å². The Morgan fingerprint density at radius 1 is 1.41 bits per heavy atom. The monoisotopic (exact) mass is 233 g/mol. The third-order valence-corrected chi connectivity index (χ3v) is 2.56. The Morgan fingerprint density at radius 2 is 2.24 bits per heavy atom. The van der Waals surface area contributed by atoms with Gasteiger partial charge in [-0.3, -0.25) is 0 Å². The lowest BCUT2D eigenvalue weighted by Gasteiger charge is -2.09. The first-order valence-electron chi connectivity index (χ1n) is 6.05. The smallest absolute Gasteiger partial charge is 0.157 e. The average Bonchev–Trinajstić information content (AvgIpc) is 2.67. The molecule has 0 saturated carbocycles. The molecule has 0 atom stereocenters. The molecule has 0 amide bonds. The zero-order chi connectivity index (χ0) is 12.3. The van der Waals surface area contributed by atoms with Gasteiger partial charge in [0, 0.05) is 30.9 Å². The molecule has 0 bridgehead atoms. The van der Waals surface area contributed by atoms with E-state index in [9.17, 15) is 0 Å². The third-order valence-electron chi connectivity index (χ3n) is 2.56. The molecule has 0 aliphatic carbocycles. The maximum Gasteiger partial charge on any atom is 0.157 e. The second-order valence-corrected chi connectivity index (χ2v) is 4.15. The molecule has 5 nitrogen and oxygen atoms in total. The number of hydrogen-bond donors (Lipinski definition) is 2. The van der Waals surface area contributed by atoms with Crippen molar-refractivity contribution in [3.8, 4) is 0 Å². The summed E-state index contributed by atoms with van der Waals surface area (Å²) in [5.74, 6) is 0.969. The van der Waals surface area contributed by atoms with Gasteiger partial charge in [-0.15, -0.1) is 0 Å². The van der Waals surface area contributed by atoms with Crippen molar-refractivity contribution in [2.24, 2.45) is 5.73 Å². The van der Waals surface area contributed by atoms with Gasteiger partial charge in [0.05, 0.1) is 5.69 Å². The van der Waals surface area contributed by atoms with Gasteiger partial charge in [0.1, 0.15) is 5.82 Å². The summed E-state index contributed by atoms with van der Waals surface area (Å²) < 4.78 is 1.84. The summed E-state index contributed by atoms with van der Waals surface area (Å²) in [6, 6.07) is 4.05. The van der Waals surface area contributed by atoms with Crippen molar-refractivity contribution in [2.75, 3.05) is 18.4 Å². The van der Waals surface area contributed by atoms with Crippen LogP contribution in [0.15, 0.2) is 12.1 Å². The first kappa shape index (κ1) is 11.9. The predicted octanol–water partition coefficient (Wildman–Crippen LogP) is 1.36. The molecular formula is C12H19N5. The van der Waals surface area contributed by atoms with Gasteiger partial charge in [0.25, 0.3) is 0 Å². The van der Waals surface area contributed by atoms with Gasteiger partial charge in [0.15, 0.2) is 5.65 Å². The Balaban J connectivity index is 2.44. The second-order valence-electron chi connectivity index (χ2n) is 4.15. The number of fused-ring (bicyclic) bond motifs is 1. The first-order valence-corrected chi connectivity index (χ1v) is 6.05. The molecule has 0 saturated heterocycles. The van der Waals surface area contributed by atoms with Crippen molar-refractivity contribution in [1.29, 1.82) is 0 Å². The van der Waals surface area contributed by atoms with Crippen molar-refractivity contribution >= 4 is 11.5 Å². The fourth-order valence-electron chi connectivity index (χ4n) is 1.85. The fraction of sp³-hybridized carbons (Fsp3) is 0.500. The standard InChI is InChI=1S/C12H19N5/c1-3-4-10-8-11(14-6-5-13)17-12(15-10)7-9(2)16-17/h7-8,14H,3-6,13H2,1-2H3. The molecule has 2 aromatic heterocycles. The highest BCUT2D eigenvalue weighted by atomic mass is 15.3. The Labute approximate surface area is 101 Å². The SMILES string of the molecule is CCCc1cc(NCCN)n2nc(C)cc2n1. The molecule has 0 aliphatic rings. The number of aryl methyl sites for hydroxylation is 2. The Kier molecular flexibility index (Phi) is 3.58. The number of hydrogen-bond acceptors (Lipinski definition) is 4. The number of rotatable bonds is 5. The molecule has 3 N–H and O–H groups in total. The number of nitrogens with zero attached hydrogens (tertiary/aromatic N) is 3. The van der Waals surface area contributed by atoms with Gasteiger partial charge in [-0.05, 0) is 13.3 Å². The molecule has 2 aromatic rings. The van der Waals surface area contributed by atoms with Crippen LogP contribution in [0.3, 0.4) is 0 Å². The van der Waals surface area contributed by atoms with Crippen LogP contribution in [-0.4, -0.2) is 27.7 Å². The summed E-state index contributed by atoms with van der Waals surface area (Å²) in [6.45, 7) is 5.47. The number of anilines is 1. The number of aromatic nitrogens is 3. The molecule has 0 radical (unpaired) electrons. The van der Waals surface area contributed by atoms with Gasteiger partial charge in [-0.2, -0.15) is 9.61 Å². The molecule has 0 aliphatic heterocycles. The maximum absolute atomic E-state index is 5.51. The van der Waals surface area contributed by atoms with Gasteiger partial charge in [-0.1, -0.05) is 13.3 Å². The Morgan fingerprint density at radius 3 is 2.94 bits per heavy atom. The fourth-order valence-corrected chi connectivity index (χ4v) is 1.85. The number of nitrogens with one attached hydrogen (secondary N) is 1. The van der Waals surface area contributed by atoms with E-state index in [-0.39, 0.29) is 0 Å². The van der Waals surface area contributed by atoms with Gasteiger partial charge in [-0.25, -0.2) is 4.98 Å². The van der Waals surface area contributed by atoms with Gasteiger partial charge in [0.2, 0.25) is 0 Å². The van der Waals surface area contributed by atoms with Crippen LogP contribution in [0, 0.1) is 6.92 Å². The van der Waals surface area contributed by atoms with E-state index in [2.05, 4.69) is 28.4 Å². The second kappa shape index (κ2) is 5.14. The molecule has 0 unspecified atom stereocenters. The minimum Gasteiger partial charge on any atom is -0.369 e. The molecule has 2 rings (SSSR count). The van der Waals surface area contributed by atoms with E-state index in [1.807, 2.05) is 17.5 Å². The summed E-state index contributed by atoms with van der Waals surface area (Å²) in [5, 5.41) is 7.70. The summed E-state index contributed by atoms with van der Waals surface area (Å²) in [6.07, 6.45) is 2.07. The largest absolute Gasteiger partial charge is 0.369 e. The van der Waals surface area contributed by atoms with Crippen molar-refractivity contribution in [1.82, 2.24) is 14.6 Å². The summed E-state index contributed by atoms with van der Waals surface area (Å²) in [4.78, 5) is 4.58. The molecule has 0 fully saturated rings. The summed E-state index contributed by atoms with van der Waals surface area (Å²) in [7, 11) is 0. The van der Waals surface area contributed by atoms with Crippen LogP contribution in [0.4, 0.5) is 5.82 Å². The maximum atomic E-state index is 5.51. The molecule has 17 heavy (non-hydrogen) atoms. The molecule has 92 valence electrons. The van der Waals surface area contributed by atoms with Gasteiger partial charge >= 0.3 is 0 Å². The van der Waals surface area contributed by atoms with Crippen LogP contribution in [0.25, 0.3) is 5.65 Å². The highest BCUT2D eigenvalue weighted by Crippen LogP contribution is 2.14. The molecule has 0 aromatic carbocycles. The summed E-state index contributed by atoms with van der Waals surface area (Å²) in [5.41, 5.74) is 8.48. The molecule has 0 spiro atoms.